The maximum atomic E-state index is 5.81. The number of ether oxygens (including phenoxy) is 1. The van der Waals surface area contributed by atoms with Gasteiger partial charge in [-0.3, -0.25) is 0 Å². The monoisotopic (exact) mass is 274 g/mol. The van der Waals surface area contributed by atoms with Crippen molar-refractivity contribution in [3.8, 4) is 28.4 Å². The third-order valence-corrected chi connectivity index (χ3v) is 3.67. The predicted molar refractivity (Wildman–Crippen MR) is 82.1 cm³/mol. The molecular weight excluding hydrogens is 260 g/mol. The third kappa shape index (κ3) is 2.17. The second-order valence-corrected chi connectivity index (χ2v) is 5.03. The molecule has 0 unspecified atom stereocenters. The molecule has 0 aliphatic carbocycles. The van der Waals surface area contributed by atoms with E-state index in [-0.39, 0.29) is 0 Å². The fourth-order valence-corrected chi connectivity index (χ4v) is 2.61. The van der Waals surface area contributed by atoms with Crippen LogP contribution in [-0.2, 0) is 6.42 Å². The van der Waals surface area contributed by atoms with E-state index < -0.39 is 0 Å². The van der Waals surface area contributed by atoms with Crippen LogP contribution in [0, 0.1) is 0 Å². The van der Waals surface area contributed by atoms with Gasteiger partial charge in [0, 0.05) is 29.3 Å². The Morgan fingerprint density at radius 3 is 2.62 bits per heavy atom. The largest absolute Gasteiger partial charge is 0.493 e. The van der Waals surface area contributed by atoms with E-state index in [1.807, 2.05) is 54.7 Å². The van der Waals surface area contributed by atoms with E-state index in [4.69, 9.17) is 9.72 Å². The Bertz CT molecular complexity index is 784. The van der Waals surface area contributed by atoms with Crippen LogP contribution in [0.2, 0.25) is 0 Å². The lowest BCUT2D eigenvalue weighted by atomic mass is 10.0. The Morgan fingerprint density at radius 1 is 0.905 bits per heavy atom. The van der Waals surface area contributed by atoms with Gasteiger partial charge in [0.15, 0.2) is 5.82 Å². The lowest BCUT2D eigenvalue weighted by Gasteiger charge is -2.08. The second-order valence-electron chi connectivity index (χ2n) is 5.03. The molecule has 0 amide bonds. The molecule has 0 atom stereocenters. The zero-order chi connectivity index (χ0) is 14.1. The zero-order valence-electron chi connectivity index (χ0n) is 11.5. The van der Waals surface area contributed by atoms with Crippen molar-refractivity contribution < 1.29 is 4.74 Å². The van der Waals surface area contributed by atoms with Crippen molar-refractivity contribution in [3.63, 3.8) is 0 Å². The van der Waals surface area contributed by atoms with Crippen molar-refractivity contribution in [2.24, 2.45) is 0 Å². The molecule has 0 spiro atoms. The van der Waals surface area contributed by atoms with Crippen LogP contribution in [0.25, 0.3) is 22.6 Å². The fourth-order valence-electron chi connectivity index (χ4n) is 2.61. The van der Waals surface area contributed by atoms with Gasteiger partial charge in [-0.25, -0.2) is 9.97 Å². The van der Waals surface area contributed by atoms with Gasteiger partial charge in [0.25, 0.3) is 0 Å². The van der Waals surface area contributed by atoms with Crippen molar-refractivity contribution in [1.82, 2.24) is 9.97 Å². The lowest BCUT2D eigenvalue weighted by Crippen LogP contribution is -2.00. The highest BCUT2D eigenvalue weighted by Crippen LogP contribution is 2.34. The van der Waals surface area contributed by atoms with E-state index in [1.54, 1.807) is 0 Å². The number of hydrogen-bond donors (Lipinski definition) is 0. The van der Waals surface area contributed by atoms with Crippen LogP contribution in [-0.4, -0.2) is 16.6 Å². The van der Waals surface area contributed by atoms with E-state index in [0.29, 0.717) is 6.61 Å². The molecular formula is C18H14N2O. The first-order chi connectivity index (χ1) is 10.4. The Morgan fingerprint density at radius 2 is 1.71 bits per heavy atom. The minimum absolute atomic E-state index is 0.665. The summed E-state index contributed by atoms with van der Waals surface area (Å²) in [5, 5.41) is 0. The molecule has 3 nitrogen and oxygen atoms in total. The maximum Gasteiger partial charge on any atom is 0.159 e. The van der Waals surface area contributed by atoms with Gasteiger partial charge in [0.2, 0.25) is 0 Å². The number of nitrogens with zero attached hydrogens (tertiary/aromatic N) is 2. The summed E-state index contributed by atoms with van der Waals surface area (Å²) in [5.74, 6) is 1.65. The number of para-hydroxylation sites is 1. The van der Waals surface area contributed by atoms with E-state index in [9.17, 15) is 0 Å². The van der Waals surface area contributed by atoms with Crippen molar-refractivity contribution in [3.05, 3.63) is 66.4 Å². The number of aromatic nitrogens is 2. The van der Waals surface area contributed by atoms with Gasteiger partial charge in [-0.05, 0) is 12.1 Å². The summed E-state index contributed by atoms with van der Waals surface area (Å²) in [4.78, 5) is 9.30. The topological polar surface area (TPSA) is 35.0 Å². The summed E-state index contributed by atoms with van der Waals surface area (Å²) < 4.78 is 5.81. The van der Waals surface area contributed by atoms with E-state index in [0.717, 1.165) is 40.4 Å². The van der Waals surface area contributed by atoms with Gasteiger partial charge < -0.3 is 4.74 Å². The maximum absolute atomic E-state index is 5.81. The average Bonchev–Trinajstić information content (AvgIpc) is 2.74. The fraction of sp³-hybridized carbons (Fsp3) is 0.111. The van der Waals surface area contributed by atoms with Crippen molar-refractivity contribution in [2.75, 3.05) is 6.61 Å². The van der Waals surface area contributed by atoms with Crippen molar-refractivity contribution >= 4 is 0 Å². The molecule has 1 aliphatic rings. The Kier molecular flexibility index (Phi) is 2.89. The molecule has 21 heavy (non-hydrogen) atoms. The van der Waals surface area contributed by atoms with Crippen LogP contribution in [0.3, 0.4) is 0 Å². The Hall–Kier alpha value is -2.68. The molecule has 2 heterocycles. The molecule has 0 radical (unpaired) electrons. The van der Waals surface area contributed by atoms with E-state index in [2.05, 4.69) is 11.1 Å². The minimum Gasteiger partial charge on any atom is -0.493 e. The molecule has 3 aromatic rings. The highest BCUT2D eigenvalue weighted by molar-refractivity contribution is 5.72. The quantitative estimate of drug-likeness (QED) is 0.678. The summed E-state index contributed by atoms with van der Waals surface area (Å²) in [7, 11) is 0. The number of hydrogen-bond acceptors (Lipinski definition) is 3. The molecule has 0 bridgehead atoms. The molecule has 0 N–H and O–H groups in total. The summed E-state index contributed by atoms with van der Waals surface area (Å²) in [6.07, 6.45) is 2.76. The van der Waals surface area contributed by atoms with E-state index >= 15 is 0 Å². The van der Waals surface area contributed by atoms with Gasteiger partial charge in [-0.2, -0.15) is 0 Å². The highest BCUT2D eigenvalue weighted by Gasteiger charge is 2.17. The van der Waals surface area contributed by atoms with Crippen LogP contribution in [0.15, 0.2) is 60.8 Å². The van der Waals surface area contributed by atoms with Crippen LogP contribution in [0.5, 0.6) is 5.75 Å². The SMILES string of the molecule is c1ccc(-c2ncc3c(n2)-c2ccccc2OCC3)cc1. The standard InChI is InChI=1S/C18H14N2O/c1-2-6-13(7-3-1)18-19-12-14-10-11-21-16-9-5-4-8-15(16)17(14)20-18/h1-9,12H,10-11H2. The molecule has 0 saturated heterocycles. The second kappa shape index (κ2) is 5.02. The van der Waals surface area contributed by atoms with Gasteiger partial charge in [0.05, 0.1) is 12.3 Å². The first kappa shape index (κ1) is 12.1. The number of benzene rings is 2. The summed E-state index contributed by atoms with van der Waals surface area (Å²) in [6.45, 7) is 0.665. The summed E-state index contributed by atoms with van der Waals surface area (Å²) >= 11 is 0. The molecule has 4 rings (SSSR count). The molecule has 0 saturated carbocycles. The molecule has 1 aromatic heterocycles. The van der Waals surface area contributed by atoms with Gasteiger partial charge in [-0.15, -0.1) is 0 Å². The number of fused-ring (bicyclic) bond motifs is 3. The molecule has 2 aromatic carbocycles. The van der Waals surface area contributed by atoms with Crippen LogP contribution in [0.4, 0.5) is 0 Å². The lowest BCUT2D eigenvalue weighted by molar-refractivity contribution is 0.326. The number of rotatable bonds is 1. The smallest absolute Gasteiger partial charge is 0.159 e. The van der Waals surface area contributed by atoms with Crippen molar-refractivity contribution in [1.29, 1.82) is 0 Å². The predicted octanol–water partition coefficient (Wildman–Crippen LogP) is 3.75. The molecule has 0 fully saturated rings. The minimum atomic E-state index is 0.665. The summed E-state index contributed by atoms with van der Waals surface area (Å²) in [5.41, 5.74) is 4.20. The molecule has 1 aliphatic heterocycles. The summed E-state index contributed by atoms with van der Waals surface area (Å²) in [6, 6.07) is 18.1. The highest BCUT2D eigenvalue weighted by atomic mass is 16.5. The first-order valence-electron chi connectivity index (χ1n) is 7.05. The zero-order valence-corrected chi connectivity index (χ0v) is 11.5. The average molecular weight is 274 g/mol. The Labute approximate surface area is 123 Å². The van der Waals surface area contributed by atoms with Gasteiger partial charge in [0.1, 0.15) is 5.75 Å². The van der Waals surface area contributed by atoms with Crippen LogP contribution < -0.4 is 4.74 Å². The molecule has 102 valence electrons. The van der Waals surface area contributed by atoms with E-state index in [1.165, 1.54) is 0 Å². The van der Waals surface area contributed by atoms with Crippen LogP contribution >= 0.6 is 0 Å². The first-order valence-corrected chi connectivity index (χ1v) is 7.05. The van der Waals surface area contributed by atoms with Crippen LogP contribution in [0.1, 0.15) is 5.56 Å². The van der Waals surface area contributed by atoms with Crippen molar-refractivity contribution in [2.45, 2.75) is 6.42 Å². The van der Waals surface area contributed by atoms with Gasteiger partial charge in [-0.1, -0.05) is 42.5 Å². The normalized spacial score (nSPS) is 12.8. The molecule has 3 heteroatoms. The Balaban J connectivity index is 1.91. The van der Waals surface area contributed by atoms with Gasteiger partial charge >= 0.3 is 0 Å². The third-order valence-electron chi connectivity index (χ3n) is 3.67.